The van der Waals surface area contributed by atoms with E-state index in [1.165, 1.54) is 0 Å². The van der Waals surface area contributed by atoms with Crippen molar-refractivity contribution in [3.63, 3.8) is 0 Å². The van der Waals surface area contributed by atoms with Gasteiger partial charge in [0.1, 0.15) is 5.60 Å². The third-order valence-electron chi connectivity index (χ3n) is 3.36. The number of likely N-dealkylation sites (tertiary alicyclic amines) is 1. The van der Waals surface area contributed by atoms with E-state index in [1.54, 1.807) is 4.90 Å². The molecule has 4 nitrogen and oxygen atoms in total. The Morgan fingerprint density at radius 1 is 1.43 bits per heavy atom. The molecule has 0 saturated carbocycles. The molecule has 1 aliphatic heterocycles. The summed E-state index contributed by atoms with van der Waals surface area (Å²) in [6.07, 6.45) is 0.332. The van der Waals surface area contributed by atoms with Crippen LogP contribution in [0, 0.1) is 20.3 Å². The molecule has 0 spiro atoms. The Bertz CT molecular complexity index is 581. The van der Waals surface area contributed by atoms with Gasteiger partial charge in [-0.1, -0.05) is 18.2 Å². The van der Waals surface area contributed by atoms with Crippen LogP contribution in [-0.4, -0.2) is 29.7 Å². The van der Waals surface area contributed by atoms with E-state index in [0.29, 0.717) is 19.5 Å². The average molecular weight is 398 g/mol. The van der Waals surface area contributed by atoms with Crippen LogP contribution in [-0.2, 0) is 11.2 Å². The first-order valence-electron chi connectivity index (χ1n) is 6.87. The summed E-state index contributed by atoms with van der Waals surface area (Å²) in [5.41, 5.74) is 0.165. The van der Waals surface area contributed by atoms with Crippen LogP contribution < -0.4 is 0 Å². The molecule has 0 bridgehead atoms. The number of hydrogen-bond donors (Lipinski definition) is 0. The zero-order chi connectivity index (χ0) is 15.7. The van der Waals surface area contributed by atoms with Gasteiger partial charge < -0.3 is 9.64 Å². The summed E-state index contributed by atoms with van der Waals surface area (Å²) in [5.74, 6) is 0. The van der Waals surface area contributed by atoms with E-state index < -0.39 is 11.0 Å². The summed E-state index contributed by atoms with van der Waals surface area (Å²) in [6, 6.07) is 10.4. The molecular weight excluding hydrogens is 379 g/mol. The fraction of sp³-hybridized carbons (Fsp3) is 0.500. The summed E-state index contributed by atoms with van der Waals surface area (Å²) in [4.78, 5) is 13.6. The maximum absolute atomic E-state index is 12.0. The van der Waals surface area contributed by atoms with Crippen LogP contribution in [0.3, 0.4) is 0 Å². The quantitative estimate of drug-likeness (QED) is 0.716. The molecule has 0 radical (unpaired) electrons. The smallest absolute Gasteiger partial charge is 0.410 e. The Kier molecular flexibility index (Phi) is 4.47. The number of nitriles is 1. The van der Waals surface area contributed by atoms with E-state index in [0.717, 1.165) is 9.13 Å². The van der Waals surface area contributed by atoms with Crippen LogP contribution in [0.15, 0.2) is 24.3 Å². The van der Waals surface area contributed by atoms with E-state index in [2.05, 4.69) is 28.7 Å². The van der Waals surface area contributed by atoms with Crippen molar-refractivity contribution >= 4 is 28.7 Å². The van der Waals surface area contributed by atoms with E-state index in [9.17, 15) is 10.1 Å². The van der Waals surface area contributed by atoms with E-state index in [1.807, 2.05) is 45.0 Å². The second-order valence-corrected chi connectivity index (χ2v) is 7.66. The molecule has 0 unspecified atom stereocenters. The van der Waals surface area contributed by atoms with E-state index >= 15 is 0 Å². The van der Waals surface area contributed by atoms with Crippen molar-refractivity contribution in [3.05, 3.63) is 33.4 Å². The average Bonchev–Trinajstić information content (AvgIpc) is 2.33. The molecule has 1 amide bonds. The van der Waals surface area contributed by atoms with Crippen molar-refractivity contribution in [1.29, 1.82) is 5.26 Å². The van der Waals surface area contributed by atoms with Gasteiger partial charge in [0, 0.05) is 16.7 Å². The summed E-state index contributed by atoms with van der Waals surface area (Å²) in [6.45, 7) is 6.39. The number of carbonyl (C=O) groups is 1. The first-order valence-corrected chi connectivity index (χ1v) is 7.95. The normalized spacial score (nSPS) is 16.8. The van der Waals surface area contributed by atoms with Gasteiger partial charge in [0.15, 0.2) is 0 Å². The molecule has 1 saturated heterocycles. The fourth-order valence-electron chi connectivity index (χ4n) is 2.37. The lowest BCUT2D eigenvalue weighted by Crippen LogP contribution is -2.59. The van der Waals surface area contributed by atoms with Gasteiger partial charge in [-0.15, -0.1) is 0 Å². The van der Waals surface area contributed by atoms with Crippen LogP contribution in [0.5, 0.6) is 0 Å². The van der Waals surface area contributed by atoms with Crippen molar-refractivity contribution in [2.24, 2.45) is 5.41 Å². The van der Waals surface area contributed by atoms with Gasteiger partial charge in [0.2, 0.25) is 0 Å². The molecule has 0 aliphatic carbocycles. The monoisotopic (exact) mass is 398 g/mol. The third-order valence-corrected chi connectivity index (χ3v) is 4.41. The predicted octanol–water partition coefficient (Wildman–Crippen LogP) is 3.59. The Hall–Kier alpha value is -1.29. The number of hydrogen-bond acceptors (Lipinski definition) is 3. The van der Waals surface area contributed by atoms with Crippen LogP contribution >= 0.6 is 22.6 Å². The lowest BCUT2D eigenvalue weighted by Gasteiger charge is -2.45. The third kappa shape index (κ3) is 3.88. The van der Waals surface area contributed by atoms with Gasteiger partial charge in [-0.25, -0.2) is 4.79 Å². The zero-order valence-corrected chi connectivity index (χ0v) is 14.7. The molecule has 0 atom stereocenters. The molecule has 5 heteroatoms. The maximum Gasteiger partial charge on any atom is 0.410 e. The molecule has 1 aromatic carbocycles. The standard InChI is InChI=1S/C16H19IN2O2/c1-15(2,3)21-14(20)19-10-16(9-18,11-19)8-12-6-4-5-7-13(12)17/h4-7H,8,10-11H2,1-3H3. The molecule has 2 rings (SSSR count). The Balaban J connectivity index is 2.00. The molecule has 1 aromatic rings. The summed E-state index contributed by atoms with van der Waals surface area (Å²) < 4.78 is 6.48. The van der Waals surface area contributed by atoms with Crippen LogP contribution in [0.1, 0.15) is 26.3 Å². The van der Waals surface area contributed by atoms with E-state index in [4.69, 9.17) is 4.74 Å². The number of benzene rings is 1. The van der Waals surface area contributed by atoms with Gasteiger partial charge in [0.25, 0.3) is 0 Å². The Labute approximate surface area is 139 Å². The van der Waals surface area contributed by atoms with Crippen LogP contribution in [0.4, 0.5) is 4.79 Å². The number of ether oxygens (including phenoxy) is 1. The van der Waals surface area contributed by atoms with Crippen LogP contribution in [0.2, 0.25) is 0 Å². The molecule has 21 heavy (non-hydrogen) atoms. The number of halogens is 1. The topological polar surface area (TPSA) is 53.3 Å². The second kappa shape index (κ2) is 5.84. The van der Waals surface area contributed by atoms with Crippen molar-refractivity contribution in [3.8, 4) is 6.07 Å². The molecule has 112 valence electrons. The van der Waals surface area contributed by atoms with Gasteiger partial charge in [-0.2, -0.15) is 5.26 Å². The highest BCUT2D eigenvalue weighted by Crippen LogP contribution is 2.35. The van der Waals surface area contributed by atoms with Gasteiger partial charge in [-0.05, 0) is 61.4 Å². The minimum Gasteiger partial charge on any atom is -0.444 e. The molecule has 1 heterocycles. The molecule has 0 N–H and O–H groups in total. The SMILES string of the molecule is CC(C)(C)OC(=O)N1CC(C#N)(Cc2ccccc2I)C1. The van der Waals surface area contributed by atoms with Crippen molar-refractivity contribution in [1.82, 2.24) is 4.90 Å². The highest BCUT2D eigenvalue weighted by atomic mass is 127. The van der Waals surface area contributed by atoms with Gasteiger partial charge in [-0.3, -0.25) is 0 Å². The summed E-state index contributed by atoms with van der Waals surface area (Å²) in [7, 11) is 0. The van der Waals surface area contributed by atoms with Crippen molar-refractivity contribution in [2.45, 2.75) is 32.8 Å². The molecule has 1 fully saturated rings. The van der Waals surface area contributed by atoms with Crippen molar-refractivity contribution in [2.75, 3.05) is 13.1 Å². The zero-order valence-electron chi connectivity index (χ0n) is 12.5. The highest BCUT2D eigenvalue weighted by Gasteiger charge is 2.47. The van der Waals surface area contributed by atoms with Gasteiger partial charge in [0.05, 0.1) is 11.5 Å². The Morgan fingerprint density at radius 3 is 2.57 bits per heavy atom. The molecule has 0 aromatic heterocycles. The highest BCUT2D eigenvalue weighted by molar-refractivity contribution is 14.1. The fourth-order valence-corrected chi connectivity index (χ4v) is 2.95. The number of nitrogens with zero attached hydrogens (tertiary/aromatic N) is 2. The molecular formula is C16H19IN2O2. The first kappa shape index (κ1) is 16.1. The Morgan fingerprint density at radius 2 is 2.05 bits per heavy atom. The number of carbonyl (C=O) groups excluding carboxylic acids is 1. The molecule has 1 aliphatic rings. The lowest BCUT2D eigenvalue weighted by molar-refractivity contribution is -0.0162. The second-order valence-electron chi connectivity index (χ2n) is 6.50. The minimum atomic E-state index is -0.503. The first-order chi connectivity index (χ1) is 9.75. The minimum absolute atomic E-state index is 0.337. The summed E-state index contributed by atoms with van der Waals surface area (Å²) in [5, 5.41) is 9.49. The van der Waals surface area contributed by atoms with E-state index in [-0.39, 0.29) is 6.09 Å². The largest absolute Gasteiger partial charge is 0.444 e. The van der Waals surface area contributed by atoms with Crippen molar-refractivity contribution < 1.29 is 9.53 Å². The maximum atomic E-state index is 12.0. The van der Waals surface area contributed by atoms with Gasteiger partial charge >= 0.3 is 6.09 Å². The summed E-state index contributed by atoms with van der Waals surface area (Å²) >= 11 is 2.28. The van der Waals surface area contributed by atoms with Crippen LogP contribution in [0.25, 0.3) is 0 Å². The predicted molar refractivity (Wildman–Crippen MR) is 88.7 cm³/mol. The lowest BCUT2D eigenvalue weighted by atomic mass is 9.76. The number of amides is 1. The number of rotatable bonds is 2.